The highest BCUT2D eigenvalue weighted by molar-refractivity contribution is 8.27. The van der Waals surface area contributed by atoms with Crippen LogP contribution in [0.2, 0.25) is 0 Å². The maximum atomic E-state index is 12.9. The summed E-state index contributed by atoms with van der Waals surface area (Å²) in [6.07, 6.45) is 5.23. The number of carbonyl (C=O) groups excluding carboxylic acids is 1. The standard InChI is InChI=1S/C21H19NO3S2/c1-2-3-4-14-5-8-16(9-6-14)22-20(23)19(27-21(22)26)12-15-7-10-17-18(11-15)25-13-24-17/h5-12H,2-4,13H2,1H3. The second-order valence-corrected chi connectivity index (χ2v) is 8.08. The number of hydrogen-bond acceptors (Lipinski definition) is 5. The van der Waals surface area contributed by atoms with Crippen LogP contribution < -0.4 is 14.4 Å². The highest BCUT2D eigenvalue weighted by Crippen LogP contribution is 2.38. The third-order valence-corrected chi connectivity index (χ3v) is 5.80. The molecule has 0 bridgehead atoms. The quantitative estimate of drug-likeness (QED) is 0.514. The molecule has 2 aromatic carbocycles. The molecule has 0 aliphatic carbocycles. The van der Waals surface area contributed by atoms with Gasteiger partial charge in [-0.3, -0.25) is 9.69 Å². The zero-order chi connectivity index (χ0) is 18.8. The summed E-state index contributed by atoms with van der Waals surface area (Å²) in [5.41, 5.74) is 2.98. The summed E-state index contributed by atoms with van der Waals surface area (Å²) in [7, 11) is 0. The highest BCUT2D eigenvalue weighted by atomic mass is 32.2. The molecule has 0 spiro atoms. The molecule has 2 heterocycles. The molecule has 2 aliphatic rings. The van der Waals surface area contributed by atoms with Gasteiger partial charge in [-0.25, -0.2) is 0 Å². The SMILES string of the molecule is CCCCc1ccc(N2C(=O)C(=Cc3ccc4c(c3)OCO4)SC2=S)cc1. The fourth-order valence-corrected chi connectivity index (χ4v) is 4.34. The molecule has 4 rings (SSSR count). The highest BCUT2D eigenvalue weighted by Gasteiger charge is 2.33. The lowest BCUT2D eigenvalue weighted by atomic mass is 10.1. The number of unbranched alkanes of at least 4 members (excludes halogenated alkanes) is 1. The van der Waals surface area contributed by atoms with E-state index in [2.05, 4.69) is 19.1 Å². The van der Waals surface area contributed by atoms with E-state index in [4.69, 9.17) is 21.7 Å². The molecule has 27 heavy (non-hydrogen) atoms. The van der Waals surface area contributed by atoms with E-state index in [1.165, 1.54) is 30.2 Å². The Kier molecular flexibility index (Phi) is 5.18. The Balaban J connectivity index is 1.55. The van der Waals surface area contributed by atoms with E-state index in [1.807, 2.05) is 36.4 Å². The number of fused-ring (bicyclic) bond motifs is 1. The van der Waals surface area contributed by atoms with Gasteiger partial charge in [0, 0.05) is 0 Å². The largest absolute Gasteiger partial charge is 0.454 e. The molecule has 0 atom stereocenters. The molecule has 1 amide bonds. The van der Waals surface area contributed by atoms with Gasteiger partial charge in [-0.05, 0) is 54.3 Å². The first-order chi connectivity index (χ1) is 13.2. The van der Waals surface area contributed by atoms with Crippen LogP contribution >= 0.6 is 24.0 Å². The monoisotopic (exact) mass is 397 g/mol. The lowest BCUT2D eigenvalue weighted by molar-refractivity contribution is -0.113. The zero-order valence-electron chi connectivity index (χ0n) is 14.9. The molecule has 0 radical (unpaired) electrons. The summed E-state index contributed by atoms with van der Waals surface area (Å²) in [6.45, 7) is 2.41. The minimum Gasteiger partial charge on any atom is -0.454 e. The summed E-state index contributed by atoms with van der Waals surface area (Å²) < 4.78 is 11.3. The molecule has 0 N–H and O–H groups in total. The second kappa shape index (κ2) is 7.74. The molecule has 2 aliphatic heterocycles. The summed E-state index contributed by atoms with van der Waals surface area (Å²) in [6, 6.07) is 13.7. The molecule has 6 heteroatoms. The number of nitrogens with zero attached hydrogens (tertiary/aromatic N) is 1. The Morgan fingerprint density at radius 2 is 1.93 bits per heavy atom. The van der Waals surface area contributed by atoms with Gasteiger partial charge in [0.15, 0.2) is 15.8 Å². The minimum absolute atomic E-state index is 0.0935. The van der Waals surface area contributed by atoms with E-state index < -0.39 is 0 Å². The van der Waals surface area contributed by atoms with Gasteiger partial charge in [0.1, 0.15) is 0 Å². The third kappa shape index (κ3) is 3.73. The van der Waals surface area contributed by atoms with E-state index in [0.717, 1.165) is 23.4 Å². The number of ether oxygens (including phenoxy) is 2. The van der Waals surface area contributed by atoms with Gasteiger partial charge in [0.05, 0.1) is 10.6 Å². The van der Waals surface area contributed by atoms with E-state index in [-0.39, 0.29) is 12.7 Å². The number of rotatable bonds is 5. The van der Waals surface area contributed by atoms with Crippen LogP contribution in [-0.4, -0.2) is 17.0 Å². The van der Waals surface area contributed by atoms with Crippen molar-refractivity contribution in [1.29, 1.82) is 0 Å². The molecular formula is C21H19NO3S2. The molecule has 1 saturated heterocycles. The zero-order valence-corrected chi connectivity index (χ0v) is 16.6. The van der Waals surface area contributed by atoms with Crippen molar-refractivity contribution in [3.8, 4) is 11.5 Å². The van der Waals surface area contributed by atoms with Crippen molar-refractivity contribution in [3.63, 3.8) is 0 Å². The predicted molar refractivity (Wildman–Crippen MR) is 113 cm³/mol. The van der Waals surface area contributed by atoms with Crippen LogP contribution in [0.1, 0.15) is 30.9 Å². The summed E-state index contributed by atoms with van der Waals surface area (Å²) in [5, 5.41) is 0. The molecule has 1 fully saturated rings. The van der Waals surface area contributed by atoms with Gasteiger partial charge in [0.2, 0.25) is 6.79 Å². The van der Waals surface area contributed by atoms with Gasteiger partial charge in [0.25, 0.3) is 5.91 Å². The van der Waals surface area contributed by atoms with Crippen LogP contribution in [0.25, 0.3) is 6.08 Å². The van der Waals surface area contributed by atoms with Crippen molar-refractivity contribution >= 4 is 46.0 Å². The lowest BCUT2D eigenvalue weighted by Gasteiger charge is -2.15. The van der Waals surface area contributed by atoms with Crippen LogP contribution in [0.5, 0.6) is 11.5 Å². The second-order valence-electron chi connectivity index (χ2n) is 6.40. The van der Waals surface area contributed by atoms with E-state index >= 15 is 0 Å². The summed E-state index contributed by atoms with van der Waals surface area (Å²) >= 11 is 6.78. The first kappa shape index (κ1) is 18.1. The van der Waals surface area contributed by atoms with Crippen LogP contribution in [0.15, 0.2) is 47.4 Å². The van der Waals surface area contributed by atoms with E-state index in [9.17, 15) is 4.79 Å². The van der Waals surface area contributed by atoms with Crippen molar-refractivity contribution in [2.75, 3.05) is 11.7 Å². The Labute approximate surface area is 168 Å². The predicted octanol–water partition coefficient (Wildman–Crippen LogP) is 5.16. The first-order valence-corrected chi connectivity index (χ1v) is 10.1. The van der Waals surface area contributed by atoms with E-state index in [1.54, 1.807) is 4.90 Å². The van der Waals surface area contributed by atoms with Crippen LogP contribution in [0.4, 0.5) is 5.69 Å². The Hall–Kier alpha value is -2.31. The topological polar surface area (TPSA) is 38.8 Å². The van der Waals surface area contributed by atoms with Crippen LogP contribution in [-0.2, 0) is 11.2 Å². The number of carbonyl (C=O) groups is 1. The number of aryl methyl sites for hydroxylation is 1. The van der Waals surface area contributed by atoms with Gasteiger partial charge in [-0.2, -0.15) is 0 Å². The first-order valence-electron chi connectivity index (χ1n) is 8.92. The number of thioether (sulfide) groups is 1. The van der Waals surface area contributed by atoms with Crippen LogP contribution in [0.3, 0.4) is 0 Å². The third-order valence-electron chi connectivity index (χ3n) is 4.50. The number of hydrogen-bond donors (Lipinski definition) is 0. The number of amides is 1. The fourth-order valence-electron chi connectivity index (χ4n) is 3.04. The fraction of sp³-hybridized carbons (Fsp3) is 0.238. The Morgan fingerprint density at radius 1 is 1.15 bits per heavy atom. The van der Waals surface area contributed by atoms with Gasteiger partial charge < -0.3 is 9.47 Å². The summed E-state index contributed by atoms with van der Waals surface area (Å²) in [4.78, 5) is 15.1. The minimum atomic E-state index is -0.0935. The number of anilines is 1. The smallest absolute Gasteiger partial charge is 0.270 e. The molecule has 0 saturated carbocycles. The van der Waals surface area contributed by atoms with Gasteiger partial charge in [-0.1, -0.05) is 55.5 Å². The lowest BCUT2D eigenvalue weighted by Crippen LogP contribution is -2.27. The molecule has 2 aromatic rings. The van der Waals surface area contributed by atoms with Crippen molar-refractivity contribution in [3.05, 3.63) is 58.5 Å². The van der Waals surface area contributed by atoms with Crippen LogP contribution in [0, 0.1) is 0 Å². The van der Waals surface area contributed by atoms with Gasteiger partial charge >= 0.3 is 0 Å². The van der Waals surface area contributed by atoms with Gasteiger partial charge in [-0.15, -0.1) is 0 Å². The summed E-state index contributed by atoms with van der Waals surface area (Å²) in [5.74, 6) is 1.33. The number of thiocarbonyl (C=S) groups is 1. The molecule has 4 nitrogen and oxygen atoms in total. The number of benzene rings is 2. The Morgan fingerprint density at radius 3 is 2.70 bits per heavy atom. The van der Waals surface area contributed by atoms with Crippen molar-refractivity contribution in [2.45, 2.75) is 26.2 Å². The Bertz CT molecular complexity index is 922. The molecular weight excluding hydrogens is 378 g/mol. The average molecular weight is 398 g/mol. The van der Waals surface area contributed by atoms with E-state index in [0.29, 0.717) is 15.0 Å². The van der Waals surface area contributed by atoms with Crippen molar-refractivity contribution < 1.29 is 14.3 Å². The molecule has 138 valence electrons. The molecule has 0 unspecified atom stereocenters. The average Bonchev–Trinajstić information content (AvgIpc) is 3.25. The maximum Gasteiger partial charge on any atom is 0.270 e. The molecule has 0 aromatic heterocycles. The normalized spacial score (nSPS) is 17.2. The maximum absolute atomic E-state index is 12.9. The van der Waals surface area contributed by atoms with Crippen molar-refractivity contribution in [2.24, 2.45) is 0 Å². The van der Waals surface area contributed by atoms with Crippen molar-refractivity contribution in [1.82, 2.24) is 0 Å².